The summed E-state index contributed by atoms with van der Waals surface area (Å²) in [7, 11) is 1.70. The number of hydrogen-bond donors (Lipinski definition) is 0. The van der Waals surface area contributed by atoms with E-state index in [9.17, 15) is 4.79 Å². The maximum absolute atomic E-state index is 13.3. The molecule has 268 valence electrons. The zero-order valence-electron chi connectivity index (χ0n) is 33.2. The first-order chi connectivity index (χ1) is 22.3. The molecular formula is C45H70O3. The Morgan fingerprint density at radius 3 is 2.17 bits per heavy atom. The summed E-state index contributed by atoms with van der Waals surface area (Å²) < 4.78 is 11.9. The third kappa shape index (κ3) is 5.20. The lowest BCUT2D eigenvalue weighted by atomic mass is 9.27. The molecule has 4 fully saturated rings. The number of methoxy groups -OCH3 is 1. The van der Waals surface area contributed by atoms with Gasteiger partial charge >= 0.3 is 5.97 Å². The Kier molecular flexibility index (Phi) is 9.80. The van der Waals surface area contributed by atoms with Crippen LogP contribution in [-0.2, 0) is 16.0 Å². The van der Waals surface area contributed by atoms with E-state index < -0.39 is 0 Å². The van der Waals surface area contributed by atoms with Crippen LogP contribution in [0.1, 0.15) is 158 Å². The molecule has 4 aliphatic rings. The molecule has 9 atom stereocenters. The molecule has 0 bridgehead atoms. The minimum atomic E-state index is -0.230. The highest BCUT2D eigenvalue weighted by atomic mass is 16.5. The molecule has 0 radical (unpaired) electrons. The summed E-state index contributed by atoms with van der Waals surface area (Å²) in [6, 6.07) is 6.14. The first-order valence-electron chi connectivity index (χ1n) is 19.5. The van der Waals surface area contributed by atoms with Crippen molar-refractivity contribution in [1.29, 1.82) is 0 Å². The standard InChI is InChI=1S/C45H70O3/c1-14-34-20-18-33(30-35(34)47-13)19-21-38(46)48-37-23-24-41(8)36(39(37,5)6)22-25-44(11)43(41,10)29-28-42(9)40(7,26-27-45(42,44)12)32(4)17-15-16-31(2)3/h16,18-21,30,32,36-37H,14-15,17,22-29H2,1-13H3/b21-19+/t32?,36?,37-,40?,41-,42+,43-,44+,45?/m0/s1. The van der Waals surface area contributed by atoms with Crippen molar-refractivity contribution in [3.63, 3.8) is 0 Å². The SMILES string of the molecule is CCc1ccc(/C=C/C(=O)O[C@H]2CC[C@@]3(C)C(CC[C@@]4(C)C5(C)CCC(C)(C(C)CCC=C(C)C)[C@@]5(C)CC[C@@]34C)C2(C)C)cc1OC. The Morgan fingerprint density at radius 1 is 0.875 bits per heavy atom. The van der Waals surface area contributed by atoms with Crippen molar-refractivity contribution in [2.75, 3.05) is 7.11 Å². The summed E-state index contributed by atoms with van der Waals surface area (Å²) in [5.74, 6) is 1.88. The number of fused-ring (bicyclic) bond motifs is 5. The maximum atomic E-state index is 13.3. The van der Waals surface area contributed by atoms with Crippen molar-refractivity contribution in [2.45, 2.75) is 160 Å². The van der Waals surface area contributed by atoms with Crippen LogP contribution < -0.4 is 4.74 Å². The molecule has 0 amide bonds. The number of benzene rings is 1. The van der Waals surface area contributed by atoms with Crippen LogP contribution in [0.4, 0.5) is 0 Å². The van der Waals surface area contributed by atoms with Gasteiger partial charge in [-0.2, -0.15) is 0 Å². The summed E-state index contributed by atoms with van der Waals surface area (Å²) in [4.78, 5) is 13.3. The predicted octanol–water partition coefficient (Wildman–Crippen LogP) is 12.4. The second-order valence-electron chi connectivity index (χ2n) is 19.1. The van der Waals surface area contributed by atoms with E-state index in [0.29, 0.717) is 22.2 Å². The molecule has 0 spiro atoms. The largest absolute Gasteiger partial charge is 0.496 e. The number of ether oxygens (including phenoxy) is 2. The summed E-state index contributed by atoms with van der Waals surface area (Å²) in [5.41, 5.74) is 5.20. The van der Waals surface area contributed by atoms with Crippen molar-refractivity contribution in [3.05, 3.63) is 47.1 Å². The van der Waals surface area contributed by atoms with E-state index >= 15 is 0 Å². The lowest BCUT2D eigenvalue weighted by Crippen LogP contribution is -2.71. The lowest BCUT2D eigenvalue weighted by Gasteiger charge is -2.77. The number of rotatable bonds is 9. The van der Waals surface area contributed by atoms with E-state index in [0.717, 1.165) is 36.5 Å². The normalized spacial score (nSPS) is 40.8. The molecule has 3 heteroatoms. The second-order valence-corrected chi connectivity index (χ2v) is 19.1. The Morgan fingerprint density at radius 2 is 1.52 bits per heavy atom. The van der Waals surface area contributed by atoms with Gasteiger partial charge in [0, 0.05) is 11.5 Å². The van der Waals surface area contributed by atoms with Gasteiger partial charge < -0.3 is 9.47 Å². The van der Waals surface area contributed by atoms with Crippen molar-refractivity contribution < 1.29 is 14.3 Å². The minimum absolute atomic E-state index is 0.0708. The molecule has 0 N–H and O–H groups in total. The minimum Gasteiger partial charge on any atom is -0.496 e. The van der Waals surface area contributed by atoms with E-state index in [1.807, 2.05) is 12.1 Å². The molecule has 4 aliphatic carbocycles. The fourth-order valence-electron chi connectivity index (χ4n) is 13.2. The smallest absolute Gasteiger partial charge is 0.331 e. The van der Waals surface area contributed by atoms with Crippen molar-refractivity contribution in [3.8, 4) is 5.75 Å². The third-order valence-electron chi connectivity index (χ3n) is 17.4. The van der Waals surface area contributed by atoms with Gasteiger partial charge in [-0.25, -0.2) is 4.79 Å². The van der Waals surface area contributed by atoms with E-state index in [-0.39, 0.29) is 33.7 Å². The fraction of sp³-hybridized carbons (Fsp3) is 0.756. The van der Waals surface area contributed by atoms with Crippen LogP contribution >= 0.6 is 0 Å². The molecule has 3 nitrogen and oxygen atoms in total. The van der Waals surface area contributed by atoms with Crippen LogP contribution in [0.15, 0.2) is 35.9 Å². The highest BCUT2D eigenvalue weighted by Crippen LogP contribution is 2.85. The van der Waals surface area contributed by atoms with Gasteiger partial charge in [0.15, 0.2) is 0 Å². The summed E-state index contributed by atoms with van der Waals surface area (Å²) in [6.45, 7) is 30.2. The maximum Gasteiger partial charge on any atom is 0.331 e. The highest BCUT2D eigenvalue weighted by molar-refractivity contribution is 5.87. The van der Waals surface area contributed by atoms with Gasteiger partial charge in [-0.3, -0.25) is 0 Å². The first-order valence-corrected chi connectivity index (χ1v) is 19.5. The monoisotopic (exact) mass is 659 g/mol. The van der Waals surface area contributed by atoms with Gasteiger partial charge in [0.1, 0.15) is 11.9 Å². The number of carbonyl (C=O) groups excluding carboxylic acids is 1. The molecule has 4 saturated carbocycles. The second kappa shape index (κ2) is 12.6. The zero-order chi connectivity index (χ0) is 35.6. The van der Waals surface area contributed by atoms with Crippen LogP contribution in [0.2, 0.25) is 0 Å². The van der Waals surface area contributed by atoms with Gasteiger partial charge in [-0.1, -0.05) is 93.0 Å². The average Bonchev–Trinajstić information content (AvgIpc) is 3.25. The van der Waals surface area contributed by atoms with Crippen LogP contribution in [0, 0.1) is 49.7 Å². The number of allylic oxidation sites excluding steroid dienone is 2. The van der Waals surface area contributed by atoms with E-state index in [4.69, 9.17) is 9.47 Å². The van der Waals surface area contributed by atoms with Crippen molar-refractivity contribution in [1.82, 2.24) is 0 Å². The quantitative estimate of drug-likeness (QED) is 0.150. The summed E-state index contributed by atoms with van der Waals surface area (Å²) in [5, 5.41) is 0. The highest BCUT2D eigenvalue weighted by Gasteiger charge is 2.78. The van der Waals surface area contributed by atoms with E-state index in [2.05, 4.69) is 101 Å². The third-order valence-corrected chi connectivity index (χ3v) is 17.4. The number of hydrogen-bond acceptors (Lipinski definition) is 3. The topological polar surface area (TPSA) is 35.5 Å². The molecule has 1 aromatic carbocycles. The predicted molar refractivity (Wildman–Crippen MR) is 202 cm³/mol. The van der Waals surface area contributed by atoms with Crippen molar-refractivity contribution >= 4 is 12.0 Å². The molecule has 0 aliphatic heterocycles. The molecule has 0 heterocycles. The number of carbonyl (C=O) groups is 1. The molecular weight excluding hydrogens is 588 g/mol. The summed E-state index contributed by atoms with van der Waals surface area (Å²) in [6.07, 6.45) is 19.2. The van der Waals surface area contributed by atoms with Crippen LogP contribution in [0.25, 0.3) is 6.08 Å². The molecule has 0 saturated heterocycles. The lowest BCUT2D eigenvalue weighted by molar-refractivity contribution is -0.294. The van der Waals surface area contributed by atoms with Gasteiger partial charge in [0.25, 0.3) is 0 Å². The Bertz CT molecular complexity index is 1430. The Labute approximate surface area is 295 Å². The van der Waals surface area contributed by atoms with Crippen LogP contribution in [0.5, 0.6) is 5.75 Å². The van der Waals surface area contributed by atoms with Gasteiger partial charge in [0.2, 0.25) is 0 Å². The zero-order valence-corrected chi connectivity index (χ0v) is 33.2. The van der Waals surface area contributed by atoms with Crippen LogP contribution in [-0.4, -0.2) is 19.2 Å². The summed E-state index contributed by atoms with van der Waals surface area (Å²) >= 11 is 0. The molecule has 0 aromatic heterocycles. The Balaban J connectivity index is 1.36. The molecule has 1 aromatic rings. The van der Waals surface area contributed by atoms with E-state index in [1.54, 1.807) is 13.2 Å². The average molecular weight is 659 g/mol. The fourth-order valence-corrected chi connectivity index (χ4v) is 13.2. The Hall–Kier alpha value is -2.03. The van der Waals surface area contributed by atoms with Gasteiger partial charge in [-0.15, -0.1) is 0 Å². The number of esters is 1. The van der Waals surface area contributed by atoms with E-state index in [1.165, 1.54) is 62.5 Å². The van der Waals surface area contributed by atoms with Crippen molar-refractivity contribution in [2.24, 2.45) is 49.7 Å². The molecule has 4 unspecified atom stereocenters. The van der Waals surface area contributed by atoms with Gasteiger partial charge in [0.05, 0.1) is 7.11 Å². The first kappa shape index (κ1) is 37.2. The van der Waals surface area contributed by atoms with Crippen LogP contribution in [0.3, 0.4) is 0 Å². The molecule has 48 heavy (non-hydrogen) atoms. The van der Waals surface area contributed by atoms with Gasteiger partial charge in [-0.05, 0) is 152 Å². The molecule has 5 rings (SSSR count). The number of aryl methyl sites for hydroxylation is 1.